The normalized spacial score (nSPS) is 17.2. The number of amidine groups is 1. The number of amides is 2. The molecule has 0 saturated carbocycles. The summed E-state index contributed by atoms with van der Waals surface area (Å²) >= 11 is 1.23. The summed E-state index contributed by atoms with van der Waals surface area (Å²) in [6.07, 6.45) is 0.0697. The smallest absolute Gasteiger partial charge is 0.338 e. The van der Waals surface area contributed by atoms with Gasteiger partial charge < -0.3 is 14.8 Å². The summed E-state index contributed by atoms with van der Waals surface area (Å²) in [7, 11) is 1.53. The van der Waals surface area contributed by atoms with Crippen molar-refractivity contribution in [3.63, 3.8) is 0 Å². The molecule has 0 radical (unpaired) electrons. The average molecular weight is 456 g/mol. The van der Waals surface area contributed by atoms with Gasteiger partial charge in [-0.1, -0.05) is 23.9 Å². The summed E-state index contributed by atoms with van der Waals surface area (Å²) in [6.45, 7) is 4.33. The molecule has 1 atom stereocenters. The zero-order valence-corrected chi connectivity index (χ0v) is 19.0. The van der Waals surface area contributed by atoms with E-state index >= 15 is 0 Å². The third-order valence-electron chi connectivity index (χ3n) is 4.72. The third kappa shape index (κ3) is 5.47. The van der Waals surface area contributed by atoms with Gasteiger partial charge in [0.1, 0.15) is 11.0 Å². The Morgan fingerprint density at radius 3 is 2.53 bits per heavy atom. The van der Waals surface area contributed by atoms with Gasteiger partial charge in [-0.2, -0.15) is 0 Å². The molecule has 8 nitrogen and oxygen atoms in total. The van der Waals surface area contributed by atoms with Crippen LogP contribution in [0.2, 0.25) is 0 Å². The van der Waals surface area contributed by atoms with E-state index in [1.54, 1.807) is 54.3 Å². The molecule has 0 aliphatic carbocycles. The molecule has 32 heavy (non-hydrogen) atoms. The number of ether oxygens (including phenoxy) is 2. The van der Waals surface area contributed by atoms with E-state index in [4.69, 9.17) is 9.47 Å². The molecule has 9 heteroatoms. The van der Waals surface area contributed by atoms with Gasteiger partial charge in [0.2, 0.25) is 11.8 Å². The van der Waals surface area contributed by atoms with Gasteiger partial charge in [0.25, 0.3) is 0 Å². The first-order chi connectivity index (χ1) is 15.5. The molecule has 1 aliphatic rings. The van der Waals surface area contributed by atoms with E-state index in [2.05, 4.69) is 10.3 Å². The molecule has 0 unspecified atom stereocenters. The van der Waals surface area contributed by atoms with Crippen LogP contribution in [0.1, 0.15) is 30.6 Å². The highest BCUT2D eigenvalue weighted by Crippen LogP contribution is 2.31. The lowest BCUT2D eigenvalue weighted by Gasteiger charge is -2.31. The van der Waals surface area contributed by atoms with Crippen LogP contribution < -0.4 is 10.1 Å². The first-order valence-corrected chi connectivity index (χ1v) is 11.1. The highest BCUT2D eigenvalue weighted by Gasteiger charge is 2.35. The van der Waals surface area contributed by atoms with Gasteiger partial charge in [-0.05, 0) is 50.2 Å². The first kappa shape index (κ1) is 23.3. The zero-order valence-electron chi connectivity index (χ0n) is 18.2. The largest absolute Gasteiger partial charge is 0.495 e. The van der Waals surface area contributed by atoms with Crippen molar-refractivity contribution in [3.8, 4) is 5.75 Å². The molecule has 2 aromatic carbocycles. The Labute approximate surface area is 191 Å². The summed E-state index contributed by atoms with van der Waals surface area (Å²) < 4.78 is 10.3. The van der Waals surface area contributed by atoms with Crippen LogP contribution in [0.25, 0.3) is 0 Å². The van der Waals surface area contributed by atoms with Gasteiger partial charge in [-0.25, -0.2) is 9.79 Å². The fraction of sp³-hybridized carbons (Fsp3) is 0.304. The van der Waals surface area contributed by atoms with E-state index in [0.29, 0.717) is 41.0 Å². The Morgan fingerprint density at radius 1 is 1.16 bits per heavy atom. The van der Waals surface area contributed by atoms with E-state index in [9.17, 15) is 14.4 Å². The Balaban J connectivity index is 1.79. The highest BCUT2D eigenvalue weighted by atomic mass is 32.2. The summed E-state index contributed by atoms with van der Waals surface area (Å²) in [6, 6.07) is 13.7. The second kappa shape index (κ2) is 10.8. The maximum absolute atomic E-state index is 12.9. The molecule has 168 valence electrons. The third-order valence-corrected chi connectivity index (χ3v) is 5.90. The van der Waals surface area contributed by atoms with Crippen LogP contribution in [0, 0.1) is 0 Å². The number of carbonyl (C=O) groups excluding carboxylic acids is 3. The molecule has 1 fully saturated rings. The van der Waals surface area contributed by atoms with Crippen LogP contribution in [-0.2, 0) is 14.3 Å². The van der Waals surface area contributed by atoms with Gasteiger partial charge in [0.15, 0.2) is 5.17 Å². The minimum absolute atomic E-state index is 0.0697. The second-order valence-corrected chi connectivity index (χ2v) is 7.97. The number of anilines is 1. The minimum Gasteiger partial charge on any atom is -0.495 e. The number of thioether (sulfide) groups is 1. The number of esters is 1. The predicted molar refractivity (Wildman–Crippen MR) is 125 cm³/mol. The Kier molecular flexibility index (Phi) is 7.88. The van der Waals surface area contributed by atoms with Crippen molar-refractivity contribution in [1.82, 2.24) is 4.90 Å². The van der Waals surface area contributed by atoms with Crippen molar-refractivity contribution in [3.05, 3.63) is 54.1 Å². The molecule has 1 aliphatic heterocycles. The molecule has 2 aromatic rings. The molecular formula is C23H25N3O5S. The SMILES string of the molecule is CCOC(=O)c1ccc(N=C2S[C@@H](C(=O)Nc3ccccc3OC)CC(=O)N2CC)cc1. The van der Waals surface area contributed by atoms with Crippen LogP contribution in [0.5, 0.6) is 5.75 Å². The lowest BCUT2D eigenvalue weighted by atomic mass is 10.2. The van der Waals surface area contributed by atoms with Gasteiger partial charge in [0, 0.05) is 13.0 Å². The second-order valence-electron chi connectivity index (χ2n) is 6.80. The lowest BCUT2D eigenvalue weighted by Crippen LogP contribution is -2.45. The van der Waals surface area contributed by atoms with Crippen molar-refractivity contribution in [2.24, 2.45) is 4.99 Å². The van der Waals surface area contributed by atoms with Crippen LogP contribution >= 0.6 is 11.8 Å². The number of carbonyl (C=O) groups is 3. The number of nitrogens with zero attached hydrogens (tertiary/aromatic N) is 2. The average Bonchev–Trinajstić information content (AvgIpc) is 2.80. The van der Waals surface area contributed by atoms with Gasteiger partial charge in [-0.15, -0.1) is 0 Å². The fourth-order valence-corrected chi connectivity index (χ4v) is 4.27. The maximum Gasteiger partial charge on any atom is 0.338 e. The minimum atomic E-state index is -0.632. The summed E-state index contributed by atoms with van der Waals surface area (Å²) in [5.74, 6) is -0.335. The number of aliphatic imine (C=N–C) groups is 1. The van der Waals surface area contributed by atoms with E-state index in [0.717, 1.165) is 0 Å². The molecule has 1 N–H and O–H groups in total. The van der Waals surface area contributed by atoms with Gasteiger partial charge in [0.05, 0.1) is 30.7 Å². The number of methoxy groups -OCH3 is 1. The summed E-state index contributed by atoms with van der Waals surface area (Å²) in [5, 5.41) is 2.65. The Bertz CT molecular complexity index is 1020. The van der Waals surface area contributed by atoms with Crippen molar-refractivity contribution < 1.29 is 23.9 Å². The fourth-order valence-electron chi connectivity index (χ4n) is 3.11. The molecule has 0 bridgehead atoms. The van der Waals surface area contributed by atoms with E-state index in [1.165, 1.54) is 18.9 Å². The van der Waals surface area contributed by atoms with E-state index < -0.39 is 11.2 Å². The summed E-state index contributed by atoms with van der Waals surface area (Å²) in [4.78, 5) is 43.5. The molecular weight excluding hydrogens is 430 g/mol. The Hall–Kier alpha value is -3.33. The standard InChI is InChI=1S/C23H25N3O5S/c1-4-26-20(27)14-19(21(28)25-17-8-6-7-9-18(17)30-3)32-23(26)24-16-12-10-15(11-13-16)22(29)31-5-2/h6-13,19H,4-5,14H2,1-3H3,(H,25,28)/t19-/m1/s1. The topological polar surface area (TPSA) is 97.3 Å². The number of rotatable bonds is 7. The van der Waals surface area contributed by atoms with Gasteiger partial charge >= 0.3 is 5.97 Å². The monoisotopic (exact) mass is 455 g/mol. The quantitative estimate of drug-likeness (QED) is 0.637. The Morgan fingerprint density at radius 2 is 1.88 bits per heavy atom. The van der Waals surface area contributed by atoms with Crippen molar-refractivity contribution >= 4 is 46.1 Å². The lowest BCUT2D eigenvalue weighted by molar-refractivity contribution is -0.129. The van der Waals surface area contributed by atoms with Crippen molar-refractivity contribution in [2.45, 2.75) is 25.5 Å². The van der Waals surface area contributed by atoms with E-state index in [-0.39, 0.29) is 18.2 Å². The van der Waals surface area contributed by atoms with Crippen LogP contribution in [0.15, 0.2) is 53.5 Å². The molecule has 0 spiro atoms. The molecule has 0 aromatic heterocycles. The maximum atomic E-state index is 12.9. The van der Waals surface area contributed by atoms with Gasteiger partial charge in [-0.3, -0.25) is 14.5 Å². The molecule has 1 heterocycles. The number of benzene rings is 2. The number of para-hydroxylation sites is 2. The molecule has 2 amide bonds. The highest BCUT2D eigenvalue weighted by molar-refractivity contribution is 8.15. The predicted octanol–water partition coefficient (Wildman–Crippen LogP) is 3.85. The number of hydrogen-bond donors (Lipinski definition) is 1. The first-order valence-electron chi connectivity index (χ1n) is 10.2. The molecule has 1 saturated heterocycles. The number of nitrogens with one attached hydrogen (secondary N) is 1. The van der Waals surface area contributed by atoms with Crippen LogP contribution in [-0.4, -0.2) is 53.4 Å². The van der Waals surface area contributed by atoms with Crippen molar-refractivity contribution in [1.29, 1.82) is 0 Å². The van der Waals surface area contributed by atoms with Crippen LogP contribution in [0.4, 0.5) is 11.4 Å². The van der Waals surface area contributed by atoms with E-state index in [1.807, 2.05) is 13.0 Å². The van der Waals surface area contributed by atoms with Crippen LogP contribution in [0.3, 0.4) is 0 Å². The summed E-state index contributed by atoms with van der Waals surface area (Å²) in [5.41, 5.74) is 1.53. The zero-order chi connectivity index (χ0) is 23.1. The van der Waals surface area contributed by atoms with Crippen molar-refractivity contribution in [2.75, 3.05) is 25.6 Å². The number of hydrogen-bond acceptors (Lipinski definition) is 7. The molecule has 3 rings (SSSR count).